The van der Waals surface area contributed by atoms with Crippen LogP contribution < -0.4 is 10.1 Å². The van der Waals surface area contributed by atoms with E-state index in [1.165, 1.54) is 5.56 Å². The average molecular weight is 384 g/mol. The molecule has 1 aromatic heterocycles. The molecule has 1 aliphatic rings. The van der Waals surface area contributed by atoms with Gasteiger partial charge in [0.2, 0.25) is 11.8 Å². The number of methoxy groups -OCH3 is 1. The fraction of sp³-hybridized carbons (Fsp3) is 0.455. The van der Waals surface area contributed by atoms with Gasteiger partial charge < -0.3 is 19.5 Å². The Kier molecular flexibility index (Phi) is 6.65. The van der Waals surface area contributed by atoms with Crippen LogP contribution >= 0.6 is 0 Å². The van der Waals surface area contributed by atoms with E-state index in [4.69, 9.17) is 14.2 Å². The molecule has 0 bridgehead atoms. The first-order valence-electron chi connectivity index (χ1n) is 9.60. The van der Waals surface area contributed by atoms with Crippen LogP contribution in [0.2, 0.25) is 0 Å². The van der Waals surface area contributed by atoms with E-state index in [0.717, 1.165) is 11.1 Å². The summed E-state index contributed by atoms with van der Waals surface area (Å²) < 4.78 is 16.1. The van der Waals surface area contributed by atoms with Crippen molar-refractivity contribution in [3.8, 4) is 5.88 Å². The molecule has 150 valence electrons. The normalized spacial score (nSPS) is 15.8. The SMILES string of the molecule is COCCOc1ncc(NC(=O)C2(c3ccc(C)cc3)CCOCC2)cc1C. The number of anilines is 1. The number of hydrogen-bond donors (Lipinski definition) is 1. The van der Waals surface area contributed by atoms with E-state index in [0.29, 0.717) is 50.8 Å². The molecule has 28 heavy (non-hydrogen) atoms. The quantitative estimate of drug-likeness (QED) is 0.741. The first kappa shape index (κ1) is 20.3. The maximum absolute atomic E-state index is 13.3. The van der Waals surface area contributed by atoms with E-state index in [2.05, 4.69) is 34.6 Å². The number of hydrogen-bond acceptors (Lipinski definition) is 5. The van der Waals surface area contributed by atoms with E-state index in [1.807, 2.05) is 19.9 Å². The van der Waals surface area contributed by atoms with Crippen LogP contribution in [-0.4, -0.2) is 44.4 Å². The summed E-state index contributed by atoms with van der Waals surface area (Å²) in [4.78, 5) is 17.7. The topological polar surface area (TPSA) is 69.7 Å². The molecule has 2 aromatic rings. The number of rotatable bonds is 7. The van der Waals surface area contributed by atoms with Crippen molar-refractivity contribution < 1.29 is 19.0 Å². The number of nitrogens with zero attached hydrogens (tertiary/aromatic N) is 1. The number of aromatic nitrogens is 1. The van der Waals surface area contributed by atoms with Gasteiger partial charge in [0, 0.05) is 25.9 Å². The van der Waals surface area contributed by atoms with E-state index >= 15 is 0 Å². The molecule has 0 aliphatic carbocycles. The molecule has 1 N–H and O–H groups in total. The molecule has 0 radical (unpaired) electrons. The second-order valence-corrected chi connectivity index (χ2v) is 7.20. The smallest absolute Gasteiger partial charge is 0.235 e. The lowest BCUT2D eigenvalue weighted by Crippen LogP contribution is -2.44. The highest BCUT2D eigenvalue weighted by Crippen LogP contribution is 2.36. The molecule has 6 nitrogen and oxygen atoms in total. The second-order valence-electron chi connectivity index (χ2n) is 7.20. The van der Waals surface area contributed by atoms with Crippen LogP contribution in [0.5, 0.6) is 5.88 Å². The molecule has 1 fully saturated rings. The molecule has 1 aromatic carbocycles. The maximum Gasteiger partial charge on any atom is 0.235 e. The Morgan fingerprint density at radius 2 is 1.89 bits per heavy atom. The van der Waals surface area contributed by atoms with Crippen molar-refractivity contribution >= 4 is 11.6 Å². The summed E-state index contributed by atoms with van der Waals surface area (Å²) in [6.45, 7) is 6.04. The summed E-state index contributed by atoms with van der Waals surface area (Å²) in [5, 5.41) is 3.06. The van der Waals surface area contributed by atoms with Crippen LogP contribution in [0.3, 0.4) is 0 Å². The third-order valence-corrected chi connectivity index (χ3v) is 5.20. The zero-order valence-electron chi connectivity index (χ0n) is 16.8. The second kappa shape index (κ2) is 9.17. The highest BCUT2D eigenvalue weighted by Gasteiger charge is 2.41. The highest BCUT2D eigenvalue weighted by molar-refractivity contribution is 5.99. The van der Waals surface area contributed by atoms with Crippen molar-refractivity contribution in [3.05, 3.63) is 53.2 Å². The largest absolute Gasteiger partial charge is 0.475 e. The summed E-state index contributed by atoms with van der Waals surface area (Å²) in [5.41, 5.74) is 3.15. The average Bonchev–Trinajstić information content (AvgIpc) is 2.71. The predicted molar refractivity (Wildman–Crippen MR) is 108 cm³/mol. The molecule has 0 saturated carbocycles. The molecule has 3 rings (SSSR count). The molecular weight excluding hydrogens is 356 g/mol. The first-order valence-corrected chi connectivity index (χ1v) is 9.60. The van der Waals surface area contributed by atoms with Gasteiger partial charge in [-0.25, -0.2) is 4.98 Å². The third-order valence-electron chi connectivity index (χ3n) is 5.20. The summed E-state index contributed by atoms with van der Waals surface area (Å²) in [7, 11) is 1.63. The number of carbonyl (C=O) groups is 1. The van der Waals surface area contributed by atoms with E-state index < -0.39 is 5.41 Å². The zero-order valence-corrected chi connectivity index (χ0v) is 16.8. The molecule has 6 heteroatoms. The number of pyridine rings is 1. The molecule has 1 amide bonds. The van der Waals surface area contributed by atoms with Gasteiger partial charge in [-0.05, 0) is 38.3 Å². The van der Waals surface area contributed by atoms with Gasteiger partial charge in [-0.15, -0.1) is 0 Å². The predicted octanol–water partition coefficient (Wildman–Crippen LogP) is 3.41. The maximum atomic E-state index is 13.3. The van der Waals surface area contributed by atoms with Crippen LogP contribution in [0.25, 0.3) is 0 Å². The minimum absolute atomic E-state index is 0.0195. The van der Waals surface area contributed by atoms with E-state index in [1.54, 1.807) is 13.3 Å². The number of aryl methyl sites for hydroxylation is 2. The summed E-state index contributed by atoms with van der Waals surface area (Å²) in [6, 6.07) is 10.1. The summed E-state index contributed by atoms with van der Waals surface area (Å²) >= 11 is 0. The highest BCUT2D eigenvalue weighted by atomic mass is 16.5. The van der Waals surface area contributed by atoms with Crippen molar-refractivity contribution in [2.45, 2.75) is 32.1 Å². The Bertz CT molecular complexity index is 799. The Labute approximate surface area is 166 Å². The lowest BCUT2D eigenvalue weighted by atomic mass is 9.73. The molecule has 1 saturated heterocycles. The molecule has 2 heterocycles. The third kappa shape index (κ3) is 4.51. The van der Waals surface area contributed by atoms with Gasteiger partial charge in [-0.1, -0.05) is 29.8 Å². The first-order chi connectivity index (χ1) is 13.5. The standard InChI is InChI=1S/C22H28N2O4/c1-16-4-6-18(7-5-16)22(8-10-27-11-9-22)21(25)24-19-14-17(2)20(23-15-19)28-13-12-26-3/h4-7,14-15H,8-13H2,1-3H3,(H,24,25). The van der Waals surface area contributed by atoms with Gasteiger partial charge in [-0.3, -0.25) is 4.79 Å². The van der Waals surface area contributed by atoms with Crippen LogP contribution in [0, 0.1) is 13.8 Å². The lowest BCUT2D eigenvalue weighted by Gasteiger charge is -2.36. The van der Waals surface area contributed by atoms with E-state index in [-0.39, 0.29) is 5.91 Å². The number of ether oxygens (including phenoxy) is 3. The Morgan fingerprint density at radius 1 is 1.18 bits per heavy atom. The van der Waals surface area contributed by atoms with Crippen molar-refractivity contribution in [2.24, 2.45) is 0 Å². The monoisotopic (exact) mass is 384 g/mol. The van der Waals surface area contributed by atoms with Gasteiger partial charge in [-0.2, -0.15) is 0 Å². The number of nitrogens with one attached hydrogen (secondary N) is 1. The molecule has 0 atom stereocenters. The van der Waals surface area contributed by atoms with Crippen LogP contribution in [0.1, 0.15) is 29.5 Å². The van der Waals surface area contributed by atoms with Crippen LogP contribution in [0.15, 0.2) is 36.5 Å². The summed E-state index contributed by atoms with van der Waals surface area (Å²) in [5.74, 6) is 0.531. The Morgan fingerprint density at radius 3 is 2.54 bits per heavy atom. The molecule has 1 aliphatic heterocycles. The number of benzene rings is 1. The van der Waals surface area contributed by atoms with Crippen LogP contribution in [0.4, 0.5) is 5.69 Å². The fourth-order valence-electron chi connectivity index (χ4n) is 3.49. The van der Waals surface area contributed by atoms with Crippen molar-refractivity contribution in [1.82, 2.24) is 4.98 Å². The van der Waals surface area contributed by atoms with Gasteiger partial charge in [0.25, 0.3) is 0 Å². The number of amides is 1. The van der Waals surface area contributed by atoms with Crippen molar-refractivity contribution in [3.63, 3.8) is 0 Å². The zero-order chi connectivity index (χ0) is 20.0. The van der Waals surface area contributed by atoms with Crippen molar-refractivity contribution in [2.75, 3.05) is 38.9 Å². The fourth-order valence-corrected chi connectivity index (χ4v) is 3.49. The minimum Gasteiger partial charge on any atom is -0.475 e. The van der Waals surface area contributed by atoms with Gasteiger partial charge >= 0.3 is 0 Å². The number of carbonyl (C=O) groups excluding carboxylic acids is 1. The van der Waals surface area contributed by atoms with Gasteiger partial charge in [0.05, 0.1) is 23.9 Å². The Hall–Kier alpha value is -2.44. The molecule has 0 unspecified atom stereocenters. The summed E-state index contributed by atoms with van der Waals surface area (Å²) in [6.07, 6.45) is 2.95. The van der Waals surface area contributed by atoms with Gasteiger partial charge in [0.1, 0.15) is 6.61 Å². The lowest BCUT2D eigenvalue weighted by molar-refractivity contribution is -0.125. The van der Waals surface area contributed by atoms with E-state index in [9.17, 15) is 4.79 Å². The molecule has 0 spiro atoms. The minimum atomic E-state index is -0.590. The molecular formula is C22H28N2O4. The van der Waals surface area contributed by atoms with Gasteiger partial charge in [0.15, 0.2) is 0 Å². The van der Waals surface area contributed by atoms with Crippen LogP contribution in [-0.2, 0) is 19.7 Å². The Balaban J connectivity index is 1.79. The van der Waals surface area contributed by atoms with Crippen molar-refractivity contribution in [1.29, 1.82) is 0 Å².